The number of carbonyl (C=O) groups excluding carboxylic acids is 1. The molecule has 0 bridgehead atoms. The van der Waals surface area contributed by atoms with Gasteiger partial charge in [0.25, 0.3) is 10.0 Å². The fraction of sp³-hybridized carbons (Fsp3) is 0.188. The summed E-state index contributed by atoms with van der Waals surface area (Å²) in [6, 6.07) is 8.88. The van der Waals surface area contributed by atoms with E-state index in [2.05, 4.69) is 9.46 Å². The van der Waals surface area contributed by atoms with Crippen molar-refractivity contribution >= 4 is 33.3 Å². The summed E-state index contributed by atoms with van der Waals surface area (Å²) in [5.41, 5.74) is 0.825. The second-order valence-corrected chi connectivity index (χ2v) is 7.01. The summed E-state index contributed by atoms with van der Waals surface area (Å²) in [5, 5.41) is 0.355. The molecule has 0 aliphatic heterocycles. The zero-order valence-electron chi connectivity index (χ0n) is 13.3. The van der Waals surface area contributed by atoms with Gasteiger partial charge in [0.15, 0.2) is 0 Å². The van der Waals surface area contributed by atoms with Crippen LogP contribution in [0.15, 0.2) is 41.3 Å². The SMILES string of the molecule is COC(=O)c1ccc(C)c(S(=O)(=O)Nc2cc(Cl)ccc2OC)c1. The summed E-state index contributed by atoms with van der Waals surface area (Å²) >= 11 is 5.91. The van der Waals surface area contributed by atoms with Gasteiger partial charge >= 0.3 is 5.97 Å². The predicted molar refractivity (Wildman–Crippen MR) is 91.3 cm³/mol. The summed E-state index contributed by atoms with van der Waals surface area (Å²) in [6.07, 6.45) is 0. The number of aryl methyl sites for hydroxylation is 1. The first-order valence-corrected chi connectivity index (χ1v) is 8.70. The number of esters is 1. The number of hydrogen-bond acceptors (Lipinski definition) is 5. The average Bonchev–Trinajstić information content (AvgIpc) is 2.54. The Morgan fingerprint density at radius 2 is 1.83 bits per heavy atom. The van der Waals surface area contributed by atoms with Gasteiger partial charge in [-0.2, -0.15) is 0 Å². The molecular formula is C16H16ClNO5S. The number of benzene rings is 2. The molecular weight excluding hydrogens is 354 g/mol. The van der Waals surface area contributed by atoms with Crippen molar-refractivity contribution in [2.45, 2.75) is 11.8 Å². The molecule has 24 heavy (non-hydrogen) atoms. The van der Waals surface area contributed by atoms with E-state index < -0.39 is 16.0 Å². The van der Waals surface area contributed by atoms with Crippen LogP contribution >= 0.6 is 11.6 Å². The minimum Gasteiger partial charge on any atom is -0.495 e. The van der Waals surface area contributed by atoms with Crippen LogP contribution in [0.1, 0.15) is 15.9 Å². The number of anilines is 1. The Hall–Kier alpha value is -2.25. The molecule has 0 atom stereocenters. The number of sulfonamides is 1. The Morgan fingerprint density at radius 3 is 2.46 bits per heavy atom. The van der Waals surface area contributed by atoms with Crippen molar-refractivity contribution in [2.24, 2.45) is 0 Å². The molecule has 0 spiro atoms. The van der Waals surface area contributed by atoms with Crippen molar-refractivity contribution in [1.29, 1.82) is 0 Å². The molecule has 0 aliphatic carbocycles. The Kier molecular flexibility index (Phi) is 5.36. The van der Waals surface area contributed by atoms with Crippen LogP contribution in [0, 0.1) is 6.92 Å². The van der Waals surface area contributed by atoms with Gasteiger partial charge in [0.05, 0.1) is 30.4 Å². The summed E-state index contributed by atoms with van der Waals surface area (Å²) in [5.74, 6) is -0.295. The van der Waals surface area contributed by atoms with Gasteiger partial charge in [-0.1, -0.05) is 17.7 Å². The summed E-state index contributed by atoms with van der Waals surface area (Å²) in [6.45, 7) is 1.63. The summed E-state index contributed by atoms with van der Waals surface area (Å²) in [4.78, 5) is 11.6. The zero-order chi connectivity index (χ0) is 17.9. The van der Waals surface area contributed by atoms with E-state index in [0.29, 0.717) is 16.3 Å². The average molecular weight is 370 g/mol. The number of carbonyl (C=O) groups is 1. The Morgan fingerprint density at radius 1 is 1.12 bits per heavy atom. The van der Waals surface area contributed by atoms with Gasteiger partial charge in [-0.3, -0.25) is 4.72 Å². The third-order valence-corrected chi connectivity index (χ3v) is 5.05. The monoisotopic (exact) mass is 369 g/mol. The molecule has 8 heteroatoms. The Balaban J connectivity index is 2.48. The number of nitrogens with one attached hydrogen (secondary N) is 1. The topological polar surface area (TPSA) is 81.7 Å². The van der Waals surface area contributed by atoms with Crippen LogP contribution in [0.4, 0.5) is 5.69 Å². The molecule has 0 aliphatic rings. The quantitative estimate of drug-likeness (QED) is 0.818. The van der Waals surface area contributed by atoms with Gasteiger partial charge in [0.2, 0.25) is 0 Å². The molecule has 2 rings (SSSR count). The zero-order valence-corrected chi connectivity index (χ0v) is 14.9. The summed E-state index contributed by atoms with van der Waals surface area (Å²) in [7, 11) is -1.31. The van der Waals surface area contributed by atoms with Crippen LogP contribution in [0.5, 0.6) is 5.75 Å². The van der Waals surface area contributed by atoms with Gasteiger partial charge in [-0.25, -0.2) is 13.2 Å². The minimum absolute atomic E-state index is 0.0348. The standard InChI is InChI=1S/C16H16ClNO5S/c1-10-4-5-11(16(19)23-3)8-15(10)24(20,21)18-13-9-12(17)6-7-14(13)22-2/h4-9,18H,1-3H3. The number of halogens is 1. The normalized spacial score (nSPS) is 11.0. The largest absolute Gasteiger partial charge is 0.495 e. The molecule has 0 unspecified atom stereocenters. The van der Waals surface area contributed by atoms with Gasteiger partial charge in [-0.15, -0.1) is 0 Å². The second kappa shape index (κ2) is 7.11. The van der Waals surface area contributed by atoms with Crippen molar-refractivity contribution in [3.05, 3.63) is 52.5 Å². The number of ether oxygens (including phenoxy) is 2. The smallest absolute Gasteiger partial charge is 0.337 e. The number of methoxy groups -OCH3 is 2. The Bertz CT molecular complexity index is 880. The lowest BCUT2D eigenvalue weighted by molar-refractivity contribution is 0.0600. The van der Waals surface area contributed by atoms with Crippen LogP contribution in [0.2, 0.25) is 5.02 Å². The Labute approximate surface area is 145 Å². The van der Waals surface area contributed by atoms with Crippen molar-refractivity contribution in [1.82, 2.24) is 0 Å². The highest BCUT2D eigenvalue weighted by molar-refractivity contribution is 7.92. The van der Waals surface area contributed by atoms with E-state index in [1.807, 2.05) is 0 Å². The first kappa shape index (κ1) is 18.1. The van der Waals surface area contributed by atoms with E-state index in [1.54, 1.807) is 19.1 Å². The van der Waals surface area contributed by atoms with E-state index in [1.165, 1.54) is 38.5 Å². The van der Waals surface area contributed by atoms with Gasteiger partial charge < -0.3 is 9.47 Å². The van der Waals surface area contributed by atoms with E-state index in [-0.39, 0.29) is 16.1 Å². The molecule has 2 aromatic rings. The van der Waals surface area contributed by atoms with Gasteiger partial charge in [0, 0.05) is 5.02 Å². The van der Waals surface area contributed by atoms with Gasteiger partial charge in [0.1, 0.15) is 5.75 Å². The lowest BCUT2D eigenvalue weighted by Crippen LogP contribution is -2.16. The van der Waals surface area contributed by atoms with E-state index in [0.717, 1.165) is 0 Å². The van der Waals surface area contributed by atoms with Crippen LogP contribution in [0.25, 0.3) is 0 Å². The summed E-state index contributed by atoms with van der Waals surface area (Å²) < 4.78 is 37.6. The number of hydrogen-bond donors (Lipinski definition) is 1. The van der Waals surface area contributed by atoms with Crippen LogP contribution in [0.3, 0.4) is 0 Å². The lowest BCUT2D eigenvalue weighted by atomic mass is 10.1. The highest BCUT2D eigenvalue weighted by Gasteiger charge is 2.21. The third-order valence-electron chi connectivity index (χ3n) is 3.30. The highest BCUT2D eigenvalue weighted by Crippen LogP contribution is 2.30. The first-order chi connectivity index (χ1) is 11.3. The molecule has 0 saturated heterocycles. The molecule has 0 saturated carbocycles. The molecule has 2 aromatic carbocycles. The number of rotatable bonds is 5. The molecule has 128 valence electrons. The molecule has 0 heterocycles. The third kappa shape index (κ3) is 3.80. The van der Waals surface area contributed by atoms with E-state index in [4.69, 9.17) is 16.3 Å². The maximum absolute atomic E-state index is 12.7. The fourth-order valence-electron chi connectivity index (χ4n) is 2.09. The van der Waals surface area contributed by atoms with E-state index in [9.17, 15) is 13.2 Å². The first-order valence-electron chi connectivity index (χ1n) is 6.84. The van der Waals surface area contributed by atoms with Crippen molar-refractivity contribution in [3.63, 3.8) is 0 Å². The van der Waals surface area contributed by atoms with Crippen LogP contribution in [-0.2, 0) is 14.8 Å². The highest BCUT2D eigenvalue weighted by atomic mass is 35.5. The van der Waals surface area contributed by atoms with Gasteiger partial charge in [-0.05, 0) is 42.8 Å². The fourth-order valence-corrected chi connectivity index (χ4v) is 3.60. The molecule has 0 fully saturated rings. The molecule has 6 nitrogen and oxygen atoms in total. The maximum Gasteiger partial charge on any atom is 0.337 e. The molecule has 0 radical (unpaired) electrons. The van der Waals surface area contributed by atoms with Crippen LogP contribution < -0.4 is 9.46 Å². The van der Waals surface area contributed by atoms with Crippen molar-refractivity contribution in [3.8, 4) is 5.75 Å². The molecule has 0 aromatic heterocycles. The molecule has 0 amide bonds. The second-order valence-electron chi connectivity index (χ2n) is 4.92. The predicted octanol–water partition coefficient (Wildman–Crippen LogP) is 3.24. The van der Waals surface area contributed by atoms with Crippen molar-refractivity contribution < 1.29 is 22.7 Å². The van der Waals surface area contributed by atoms with Crippen LogP contribution in [-0.4, -0.2) is 28.6 Å². The van der Waals surface area contributed by atoms with E-state index >= 15 is 0 Å². The lowest BCUT2D eigenvalue weighted by Gasteiger charge is -2.14. The molecule has 1 N–H and O–H groups in total. The minimum atomic E-state index is -3.95. The maximum atomic E-state index is 12.7. The van der Waals surface area contributed by atoms with Crippen molar-refractivity contribution in [2.75, 3.05) is 18.9 Å².